The van der Waals surface area contributed by atoms with Gasteiger partial charge in [-0.1, -0.05) is 97.6 Å². The number of carbonyl (C=O) groups is 1. The second kappa shape index (κ2) is 13.0. The van der Waals surface area contributed by atoms with E-state index in [4.69, 9.17) is 4.74 Å². The third kappa shape index (κ3) is 6.69. The first-order valence-corrected chi connectivity index (χ1v) is 16.7. The predicted molar refractivity (Wildman–Crippen MR) is 156 cm³/mol. The van der Waals surface area contributed by atoms with Crippen LogP contribution in [0.1, 0.15) is 157 Å². The molecule has 0 N–H and O–H groups in total. The Morgan fingerprint density at radius 3 is 2.51 bits per heavy atom. The van der Waals surface area contributed by atoms with Gasteiger partial charge < -0.3 is 4.74 Å². The largest absolute Gasteiger partial charge is 0.462 e. The van der Waals surface area contributed by atoms with Crippen LogP contribution in [0.2, 0.25) is 0 Å². The molecule has 2 nitrogen and oxygen atoms in total. The lowest BCUT2D eigenvalue weighted by molar-refractivity contribution is -0.151. The molecule has 0 aromatic rings. The van der Waals surface area contributed by atoms with Crippen molar-refractivity contribution >= 4 is 5.97 Å². The van der Waals surface area contributed by atoms with Crippen molar-refractivity contribution < 1.29 is 9.53 Å². The van der Waals surface area contributed by atoms with Crippen LogP contribution >= 0.6 is 0 Å². The summed E-state index contributed by atoms with van der Waals surface area (Å²) in [7, 11) is 0. The molecule has 0 saturated heterocycles. The molecular formula is C35H60O2. The molecule has 37 heavy (non-hydrogen) atoms. The standard InChI is InChI=1S/C35H60O2/c1-6-7-8-9-10-11-16-33(36)37-29-21-23-35(5)28(25-29)17-19-30-31-20-18-27(15-13-12-14-26(2)3)34(31,4)24-22-32(30)35/h17,26-27,29-32H,6-16,18-25H2,1-5H3/t27-,29-,30+,31?,32?,34+,35-/m0/s1. The highest BCUT2D eigenvalue weighted by molar-refractivity contribution is 5.69. The normalized spacial score (nSPS) is 37.0. The van der Waals surface area contributed by atoms with E-state index in [9.17, 15) is 4.79 Å². The Morgan fingerprint density at radius 2 is 1.73 bits per heavy atom. The van der Waals surface area contributed by atoms with Crippen LogP contribution in [0, 0.1) is 40.4 Å². The van der Waals surface area contributed by atoms with E-state index >= 15 is 0 Å². The van der Waals surface area contributed by atoms with E-state index in [0.717, 1.165) is 48.9 Å². The summed E-state index contributed by atoms with van der Waals surface area (Å²) in [6.45, 7) is 12.3. The zero-order valence-corrected chi connectivity index (χ0v) is 25.3. The molecule has 3 fully saturated rings. The number of esters is 1. The lowest BCUT2D eigenvalue weighted by Gasteiger charge is -2.58. The fourth-order valence-corrected chi connectivity index (χ4v) is 9.55. The van der Waals surface area contributed by atoms with Gasteiger partial charge in [0.2, 0.25) is 0 Å². The maximum atomic E-state index is 12.5. The Hall–Kier alpha value is -0.790. The lowest BCUT2D eigenvalue weighted by atomic mass is 9.47. The predicted octanol–water partition coefficient (Wildman–Crippen LogP) is 10.4. The molecule has 0 amide bonds. The van der Waals surface area contributed by atoms with Gasteiger partial charge in [-0.15, -0.1) is 0 Å². The molecule has 0 heterocycles. The van der Waals surface area contributed by atoms with Crippen molar-refractivity contribution in [1.82, 2.24) is 0 Å². The molecule has 4 aliphatic rings. The molecule has 0 aromatic heterocycles. The molecular weight excluding hydrogens is 452 g/mol. The summed E-state index contributed by atoms with van der Waals surface area (Å²) in [6, 6.07) is 0. The van der Waals surface area contributed by atoms with Gasteiger partial charge in [-0.3, -0.25) is 4.79 Å². The molecule has 2 heteroatoms. The number of hydrogen-bond donors (Lipinski definition) is 0. The van der Waals surface area contributed by atoms with Gasteiger partial charge in [0, 0.05) is 12.8 Å². The van der Waals surface area contributed by atoms with E-state index in [1.54, 1.807) is 5.57 Å². The summed E-state index contributed by atoms with van der Waals surface area (Å²) in [4.78, 5) is 12.5. The second-order valence-corrected chi connectivity index (χ2v) is 14.6. The van der Waals surface area contributed by atoms with E-state index < -0.39 is 0 Å². The summed E-state index contributed by atoms with van der Waals surface area (Å²) in [5.41, 5.74) is 2.58. The highest BCUT2D eigenvalue weighted by Crippen LogP contribution is 2.66. The van der Waals surface area contributed by atoms with Crippen LogP contribution < -0.4 is 0 Å². The number of allylic oxidation sites excluding steroid dienone is 1. The molecule has 0 radical (unpaired) electrons. The molecule has 3 saturated carbocycles. The van der Waals surface area contributed by atoms with Crippen molar-refractivity contribution in [2.75, 3.05) is 0 Å². The monoisotopic (exact) mass is 512 g/mol. The van der Waals surface area contributed by atoms with E-state index in [-0.39, 0.29) is 12.1 Å². The maximum absolute atomic E-state index is 12.5. The Kier molecular flexibility index (Phi) is 10.3. The van der Waals surface area contributed by atoms with Gasteiger partial charge in [-0.25, -0.2) is 0 Å². The van der Waals surface area contributed by atoms with E-state index in [1.165, 1.54) is 96.3 Å². The fraction of sp³-hybridized carbons (Fsp3) is 0.914. The average Bonchev–Trinajstić information content (AvgIpc) is 3.20. The molecule has 0 bridgehead atoms. The highest BCUT2D eigenvalue weighted by atomic mass is 16.5. The number of carbonyl (C=O) groups excluding carboxylic acids is 1. The summed E-state index contributed by atoms with van der Waals surface area (Å²) in [5.74, 6) is 4.54. The third-order valence-corrected chi connectivity index (χ3v) is 11.9. The van der Waals surface area contributed by atoms with Gasteiger partial charge in [0.05, 0.1) is 0 Å². The SMILES string of the molecule is CCCCCCCCC(=O)O[C@H]1CC[C@@]2(C)C(=CC[C@H]3C2CC[C@@]2(C)C3CC[C@@H]2CCCCC(C)C)C1. The summed E-state index contributed by atoms with van der Waals surface area (Å²) in [5, 5.41) is 0. The Morgan fingerprint density at radius 1 is 0.946 bits per heavy atom. The molecule has 0 aromatic carbocycles. The zero-order chi connectivity index (χ0) is 26.5. The first-order chi connectivity index (χ1) is 17.8. The quantitative estimate of drug-likeness (QED) is 0.139. The topological polar surface area (TPSA) is 26.3 Å². The van der Waals surface area contributed by atoms with Crippen LogP contribution in [-0.4, -0.2) is 12.1 Å². The van der Waals surface area contributed by atoms with Gasteiger partial charge in [0.25, 0.3) is 0 Å². The van der Waals surface area contributed by atoms with Gasteiger partial charge >= 0.3 is 5.97 Å². The number of unbranched alkanes of at least 4 members (excludes halogenated alkanes) is 6. The van der Waals surface area contributed by atoms with Crippen molar-refractivity contribution in [2.45, 2.75) is 163 Å². The Balaban J connectivity index is 1.29. The first-order valence-electron chi connectivity index (χ1n) is 16.7. The minimum Gasteiger partial charge on any atom is -0.462 e. The van der Waals surface area contributed by atoms with Crippen LogP contribution in [0.5, 0.6) is 0 Å². The average molecular weight is 513 g/mol. The summed E-state index contributed by atoms with van der Waals surface area (Å²) in [6.07, 6.45) is 26.9. The molecule has 212 valence electrons. The van der Waals surface area contributed by atoms with Crippen LogP contribution in [0.3, 0.4) is 0 Å². The fourth-order valence-electron chi connectivity index (χ4n) is 9.55. The first kappa shape index (κ1) is 29.2. The van der Waals surface area contributed by atoms with Crippen LogP contribution in [-0.2, 0) is 9.53 Å². The molecule has 7 atom stereocenters. The van der Waals surface area contributed by atoms with Gasteiger partial charge in [0.1, 0.15) is 6.10 Å². The van der Waals surface area contributed by atoms with Crippen molar-refractivity contribution in [2.24, 2.45) is 40.4 Å². The summed E-state index contributed by atoms with van der Waals surface area (Å²) < 4.78 is 6.03. The number of ether oxygens (including phenoxy) is 1. The number of rotatable bonds is 13. The van der Waals surface area contributed by atoms with Crippen LogP contribution in [0.25, 0.3) is 0 Å². The smallest absolute Gasteiger partial charge is 0.306 e. The lowest BCUT2D eigenvalue weighted by Crippen LogP contribution is -2.50. The highest BCUT2D eigenvalue weighted by Gasteiger charge is 2.58. The van der Waals surface area contributed by atoms with Crippen molar-refractivity contribution in [3.05, 3.63) is 11.6 Å². The summed E-state index contributed by atoms with van der Waals surface area (Å²) >= 11 is 0. The molecule has 2 unspecified atom stereocenters. The van der Waals surface area contributed by atoms with Crippen LogP contribution in [0.4, 0.5) is 0 Å². The Labute approximate surface area is 230 Å². The van der Waals surface area contributed by atoms with Crippen LogP contribution in [0.15, 0.2) is 11.6 Å². The van der Waals surface area contributed by atoms with Gasteiger partial charge in [-0.2, -0.15) is 0 Å². The van der Waals surface area contributed by atoms with E-state index in [0.29, 0.717) is 17.3 Å². The molecule has 4 rings (SSSR count). The van der Waals surface area contributed by atoms with Gasteiger partial charge in [0.15, 0.2) is 0 Å². The molecule has 4 aliphatic carbocycles. The Bertz CT molecular complexity index is 767. The van der Waals surface area contributed by atoms with Crippen molar-refractivity contribution in [3.8, 4) is 0 Å². The zero-order valence-electron chi connectivity index (χ0n) is 25.3. The minimum atomic E-state index is 0.0530. The van der Waals surface area contributed by atoms with Gasteiger partial charge in [-0.05, 0) is 98.2 Å². The molecule has 0 aliphatic heterocycles. The number of fused-ring (bicyclic) bond motifs is 5. The molecule has 0 spiro atoms. The van der Waals surface area contributed by atoms with E-state index in [2.05, 4.69) is 40.7 Å². The number of hydrogen-bond acceptors (Lipinski definition) is 2. The minimum absolute atomic E-state index is 0.0530. The van der Waals surface area contributed by atoms with Crippen molar-refractivity contribution in [1.29, 1.82) is 0 Å². The van der Waals surface area contributed by atoms with Crippen molar-refractivity contribution in [3.63, 3.8) is 0 Å². The third-order valence-electron chi connectivity index (χ3n) is 11.9. The maximum Gasteiger partial charge on any atom is 0.306 e. The second-order valence-electron chi connectivity index (χ2n) is 14.6. The van der Waals surface area contributed by atoms with E-state index in [1.807, 2.05) is 0 Å².